The van der Waals surface area contributed by atoms with Gasteiger partial charge in [0.05, 0.1) is 6.61 Å². The molecule has 0 aliphatic rings. The molecule has 0 aliphatic heterocycles. The molecule has 0 atom stereocenters. The lowest BCUT2D eigenvalue weighted by Crippen LogP contribution is -2.08. The second-order valence-electron chi connectivity index (χ2n) is 3.75. The Bertz CT molecular complexity index is 632. The number of ether oxygens (including phenoxy) is 2. The highest BCUT2D eigenvalue weighted by Gasteiger charge is 2.16. The molecule has 1 aromatic heterocycles. The Morgan fingerprint density at radius 1 is 1.30 bits per heavy atom. The van der Waals surface area contributed by atoms with E-state index in [0.717, 1.165) is 0 Å². The number of rotatable bonds is 5. The predicted octanol–water partition coefficient (Wildman–Crippen LogP) is 3.47. The van der Waals surface area contributed by atoms with Crippen molar-refractivity contribution >= 4 is 28.2 Å². The molecule has 0 spiro atoms. The number of halogens is 1. The molecule has 6 heteroatoms. The summed E-state index contributed by atoms with van der Waals surface area (Å²) in [5, 5.41) is 0. The fourth-order valence-electron chi connectivity index (χ4n) is 1.52. The van der Waals surface area contributed by atoms with Crippen LogP contribution in [0.15, 0.2) is 39.4 Å². The Balaban J connectivity index is 2.23. The summed E-state index contributed by atoms with van der Waals surface area (Å²) >= 11 is 3.11. The maximum atomic E-state index is 11.9. The summed E-state index contributed by atoms with van der Waals surface area (Å²) in [4.78, 5) is 22.6. The summed E-state index contributed by atoms with van der Waals surface area (Å²) in [6, 6.07) is 7.64. The Morgan fingerprint density at radius 3 is 2.70 bits per heavy atom. The molecule has 0 aliphatic carbocycles. The molecule has 0 fully saturated rings. The average molecular weight is 339 g/mol. The quantitative estimate of drug-likeness (QED) is 0.474. The molecule has 0 saturated heterocycles. The van der Waals surface area contributed by atoms with Crippen molar-refractivity contribution in [1.29, 1.82) is 0 Å². The first-order chi connectivity index (χ1) is 9.63. The number of furan rings is 1. The van der Waals surface area contributed by atoms with E-state index in [1.54, 1.807) is 13.0 Å². The number of aldehydes is 1. The number of esters is 1. The van der Waals surface area contributed by atoms with Crippen LogP contribution in [0.1, 0.15) is 27.8 Å². The van der Waals surface area contributed by atoms with Gasteiger partial charge >= 0.3 is 5.97 Å². The van der Waals surface area contributed by atoms with Gasteiger partial charge in [-0.1, -0.05) is 0 Å². The largest absolute Gasteiger partial charge is 0.490 e. The summed E-state index contributed by atoms with van der Waals surface area (Å²) in [6.07, 6.45) is 0.692. The Morgan fingerprint density at radius 2 is 2.10 bits per heavy atom. The summed E-state index contributed by atoms with van der Waals surface area (Å²) in [7, 11) is 0. The van der Waals surface area contributed by atoms with Gasteiger partial charge in [-0.15, -0.1) is 0 Å². The van der Waals surface area contributed by atoms with Gasteiger partial charge in [0.1, 0.15) is 6.29 Å². The van der Waals surface area contributed by atoms with Crippen LogP contribution in [0.5, 0.6) is 11.5 Å². The van der Waals surface area contributed by atoms with Crippen LogP contribution in [0, 0.1) is 0 Å². The first-order valence-electron chi connectivity index (χ1n) is 5.83. The Hall–Kier alpha value is -2.08. The highest BCUT2D eigenvalue weighted by atomic mass is 79.9. The van der Waals surface area contributed by atoms with Crippen molar-refractivity contribution in [2.24, 2.45) is 0 Å². The van der Waals surface area contributed by atoms with E-state index in [9.17, 15) is 9.59 Å². The van der Waals surface area contributed by atoms with Gasteiger partial charge in [-0.2, -0.15) is 0 Å². The number of carbonyl (C=O) groups is 2. The SMILES string of the molecule is CCOc1cc(C=O)ccc1OC(=O)c1ccc(Br)o1. The van der Waals surface area contributed by atoms with E-state index >= 15 is 0 Å². The van der Waals surface area contributed by atoms with E-state index in [1.807, 2.05) is 0 Å². The van der Waals surface area contributed by atoms with E-state index in [2.05, 4.69) is 15.9 Å². The molecule has 0 N–H and O–H groups in total. The highest BCUT2D eigenvalue weighted by molar-refractivity contribution is 9.10. The molecule has 0 radical (unpaired) electrons. The highest BCUT2D eigenvalue weighted by Crippen LogP contribution is 2.29. The topological polar surface area (TPSA) is 65.7 Å². The van der Waals surface area contributed by atoms with Crippen molar-refractivity contribution in [3.8, 4) is 11.5 Å². The van der Waals surface area contributed by atoms with E-state index < -0.39 is 5.97 Å². The van der Waals surface area contributed by atoms with Crippen LogP contribution in [0.2, 0.25) is 0 Å². The van der Waals surface area contributed by atoms with Crippen molar-refractivity contribution in [1.82, 2.24) is 0 Å². The van der Waals surface area contributed by atoms with Gasteiger partial charge in [0, 0.05) is 5.56 Å². The first kappa shape index (κ1) is 14.3. The lowest BCUT2D eigenvalue weighted by molar-refractivity contribution is 0.0693. The van der Waals surface area contributed by atoms with Crippen molar-refractivity contribution in [2.75, 3.05) is 6.61 Å². The predicted molar refractivity (Wildman–Crippen MR) is 74.4 cm³/mol. The second-order valence-corrected chi connectivity index (χ2v) is 4.53. The molecule has 1 heterocycles. The van der Waals surface area contributed by atoms with Crippen molar-refractivity contribution in [3.05, 3.63) is 46.3 Å². The Labute approximate surface area is 123 Å². The fraction of sp³-hybridized carbons (Fsp3) is 0.143. The fourth-order valence-corrected chi connectivity index (χ4v) is 1.83. The molecule has 20 heavy (non-hydrogen) atoms. The summed E-state index contributed by atoms with van der Waals surface area (Å²) in [6.45, 7) is 2.18. The third-order valence-electron chi connectivity index (χ3n) is 2.38. The lowest BCUT2D eigenvalue weighted by atomic mass is 10.2. The maximum Gasteiger partial charge on any atom is 0.379 e. The van der Waals surface area contributed by atoms with Gasteiger partial charge in [0.2, 0.25) is 5.76 Å². The minimum absolute atomic E-state index is 0.0683. The lowest BCUT2D eigenvalue weighted by Gasteiger charge is -2.10. The maximum absolute atomic E-state index is 11.9. The van der Waals surface area contributed by atoms with Crippen LogP contribution in [0.25, 0.3) is 0 Å². The van der Waals surface area contributed by atoms with Gasteiger partial charge in [0.15, 0.2) is 16.2 Å². The second kappa shape index (κ2) is 6.38. The van der Waals surface area contributed by atoms with Gasteiger partial charge in [-0.3, -0.25) is 4.79 Å². The third kappa shape index (κ3) is 3.27. The molecule has 0 unspecified atom stereocenters. The molecule has 0 saturated carbocycles. The number of carbonyl (C=O) groups excluding carboxylic acids is 2. The van der Waals surface area contributed by atoms with Crippen molar-refractivity contribution < 1.29 is 23.5 Å². The van der Waals surface area contributed by atoms with Crippen LogP contribution >= 0.6 is 15.9 Å². The van der Waals surface area contributed by atoms with E-state index in [4.69, 9.17) is 13.9 Å². The van der Waals surface area contributed by atoms with Crippen LogP contribution in [0.4, 0.5) is 0 Å². The zero-order valence-corrected chi connectivity index (χ0v) is 12.2. The zero-order chi connectivity index (χ0) is 14.5. The van der Waals surface area contributed by atoms with Gasteiger partial charge in [-0.25, -0.2) is 4.79 Å². The first-order valence-corrected chi connectivity index (χ1v) is 6.63. The molecule has 0 bridgehead atoms. The molecular weight excluding hydrogens is 328 g/mol. The Kier molecular flexibility index (Phi) is 4.57. The molecule has 2 aromatic rings. The number of hydrogen-bond donors (Lipinski definition) is 0. The average Bonchev–Trinajstić information content (AvgIpc) is 2.87. The molecule has 1 aromatic carbocycles. The minimum atomic E-state index is -0.643. The van der Waals surface area contributed by atoms with E-state index in [1.165, 1.54) is 24.3 Å². The zero-order valence-electron chi connectivity index (χ0n) is 10.6. The number of benzene rings is 1. The van der Waals surface area contributed by atoms with Crippen molar-refractivity contribution in [3.63, 3.8) is 0 Å². The minimum Gasteiger partial charge on any atom is -0.490 e. The van der Waals surface area contributed by atoms with E-state index in [-0.39, 0.29) is 11.5 Å². The third-order valence-corrected chi connectivity index (χ3v) is 2.81. The van der Waals surface area contributed by atoms with Crippen LogP contribution in [-0.2, 0) is 0 Å². The van der Waals surface area contributed by atoms with Crippen LogP contribution in [0.3, 0.4) is 0 Å². The van der Waals surface area contributed by atoms with Gasteiger partial charge in [0.25, 0.3) is 0 Å². The van der Waals surface area contributed by atoms with E-state index in [0.29, 0.717) is 28.9 Å². The molecule has 0 amide bonds. The molecular formula is C14H11BrO5. The summed E-state index contributed by atoms with van der Waals surface area (Å²) < 4.78 is 16.1. The van der Waals surface area contributed by atoms with Gasteiger partial charge < -0.3 is 13.9 Å². The van der Waals surface area contributed by atoms with Gasteiger partial charge in [-0.05, 0) is 53.2 Å². The van der Waals surface area contributed by atoms with Crippen molar-refractivity contribution in [2.45, 2.75) is 6.92 Å². The smallest absolute Gasteiger partial charge is 0.379 e. The van der Waals surface area contributed by atoms with Crippen LogP contribution in [-0.4, -0.2) is 18.9 Å². The molecule has 104 valence electrons. The molecule has 5 nitrogen and oxygen atoms in total. The monoisotopic (exact) mass is 338 g/mol. The normalized spacial score (nSPS) is 10.1. The standard InChI is InChI=1S/C14H11BrO5/c1-2-18-12-7-9(8-16)3-4-10(12)20-14(17)11-5-6-13(15)19-11/h3-8H,2H2,1H3. The summed E-state index contributed by atoms with van der Waals surface area (Å²) in [5.41, 5.74) is 0.439. The number of hydrogen-bond acceptors (Lipinski definition) is 5. The molecule has 2 rings (SSSR count). The van der Waals surface area contributed by atoms with Crippen LogP contribution < -0.4 is 9.47 Å². The summed E-state index contributed by atoms with van der Waals surface area (Å²) in [5.74, 6) is -0.0136.